The zero-order valence-electron chi connectivity index (χ0n) is 13.6. The molecule has 2 aromatic carbocycles. The Bertz CT molecular complexity index is 843. The SMILES string of the molecule is O=C(NCc1ccc(Cl)cc1)c1ccc(S(=O)(=O)N2CCCC2)cc1. The quantitative estimate of drug-likeness (QED) is 0.869. The number of carbonyl (C=O) groups is 1. The van der Waals surface area contributed by atoms with Crippen LogP contribution in [-0.4, -0.2) is 31.7 Å². The van der Waals surface area contributed by atoms with Crippen LogP contribution in [-0.2, 0) is 16.6 Å². The van der Waals surface area contributed by atoms with Crippen LogP contribution in [0.3, 0.4) is 0 Å². The molecule has 5 nitrogen and oxygen atoms in total. The van der Waals surface area contributed by atoms with Crippen molar-refractivity contribution in [3.8, 4) is 0 Å². The maximum Gasteiger partial charge on any atom is 0.251 e. The third-order valence-electron chi connectivity index (χ3n) is 4.19. The second kappa shape index (κ2) is 7.56. The van der Waals surface area contributed by atoms with Gasteiger partial charge in [-0.25, -0.2) is 8.42 Å². The molecule has 25 heavy (non-hydrogen) atoms. The Balaban J connectivity index is 1.65. The summed E-state index contributed by atoms with van der Waals surface area (Å²) in [5.74, 6) is -0.250. The molecule has 1 fully saturated rings. The van der Waals surface area contributed by atoms with Crippen LogP contribution in [0.15, 0.2) is 53.4 Å². The predicted octanol–water partition coefficient (Wildman–Crippen LogP) is 3.05. The molecule has 7 heteroatoms. The van der Waals surface area contributed by atoms with E-state index in [2.05, 4.69) is 5.32 Å². The standard InChI is InChI=1S/C18H19ClN2O3S/c19-16-7-3-14(4-8-16)13-20-18(22)15-5-9-17(10-6-15)25(23,24)21-11-1-2-12-21/h3-10H,1-2,11-13H2,(H,20,22). The predicted molar refractivity (Wildman–Crippen MR) is 97.1 cm³/mol. The number of carbonyl (C=O) groups excluding carboxylic acids is 1. The lowest BCUT2D eigenvalue weighted by Gasteiger charge is -2.15. The number of benzene rings is 2. The van der Waals surface area contributed by atoms with E-state index in [0.717, 1.165) is 18.4 Å². The molecule has 0 unspecified atom stereocenters. The molecule has 1 heterocycles. The minimum Gasteiger partial charge on any atom is -0.348 e. The second-order valence-electron chi connectivity index (χ2n) is 5.94. The van der Waals surface area contributed by atoms with E-state index >= 15 is 0 Å². The molecule has 1 aliphatic heterocycles. The lowest BCUT2D eigenvalue weighted by atomic mass is 10.2. The smallest absolute Gasteiger partial charge is 0.251 e. The summed E-state index contributed by atoms with van der Waals surface area (Å²) in [7, 11) is -3.45. The van der Waals surface area contributed by atoms with Gasteiger partial charge in [-0.2, -0.15) is 4.31 Å². The normalized spacial score (nSPS) is 15.2. The molecule has 132 valence electrons. The zero-order valence-corrected chi connectivity index (χ0v) is 15.2. The summed E-state index contributed by atoms with van der Waals surface area (Å²) in [6.07, 6.45) is 1.79. The largest absolute Gasteiger partial charge is 0.348 e. The molecule has 0 aliphatic carbocycles. The fraction of sp³-hybridized carbons (Fsp3) is 0.278. The Morgan fingerprint density at radius 1 is 1.00 bits per heavy atom. The zero-order chi connectivity index (χ0) is 17.9. The van der Waals surface area contributed by atoms with Crippen molar-refractivity contribution in [3.63, 3.8) is 0 Å². The van der Waals surface area contributed by atoms with E-state index in [1.807, 2.05) is 12.1 Å². The number of nitrogens with one attached hydrogen (secondary N) is 1. The Kier molecular flexibility index (Phi) is 5.42. The molecule has 0 spiro atoms. The number of rotatable bonds is 5. The van der Waals surface area contributed by atoms with E-state index in [1.54, 1.807) is 24.3 Å². The van der Waals surface area contributed by atoms with E-state index in [4.69, 9.17) is 11.6 Å². The van der Waals surface area contributed by atoms with Crippen molar-refractivity contribution < 1.29 is 13.2 Å². The average Bonchev–Trinajstić information content (AvgIpc) is 3.16. The van der Waals surface area contributed by atoms with E-state index in [0.29, 0.717) is 30.2 Å². The highest BCUT2D eigenvalue weighted by Crippen LogP contribution is 2.21. The first kappa shape index (κ1) is 17.9. The van der Waals surface area contributed by atoms with Crippen molar-refractivity contribution in [3.05, 3.63) is 64.7 Å². The topological polar surface area (TPSA) is 66.5 Å². The van der Waals surface area contributed by atoms with Gasteiger partial charge in [0.15, 0.2) is 0 Å². The lowest BCUT2D eigenvalue weighted by Crippen LogP contribution is -2.28. The summed E-state index contributed by atoms with van der Waals surface area (Å²) >= 11 is 5.83. The van der Waals surface area contributed by atoms with Crippen LogP contribution in [0.5, 0.6) is 0 Å². The molecule has 0 atom stereocenters. The molecule has 2 aromatic rings. The van der Waals surface area contributed by atoms with E-state index < -0.39 is 10.0 Å². The van der Waals surface area contributed by atoms with E-state index in [1.165, 1.54) is 16.4 Å². The highest BCUT2D eigenvalue weighted by molar-refractivity contribution is 7.89. The third-order valence-corrected chi connectivity index (χ3v) is 6.35. The first-order valence-corrected chi connectivity index (χ1v) is 9.91. The molecular weight excluding hydrogens is 360 g/mol. The summed E-state index contributed by atoms with van der Waals surface area (Å²) in [5.41, 5.74) is 1.36. The van der Waals surface area contributed by atoms with E-state index in [9.17, 15) is 13.2 Å². The van der Waals surface area contributed by atoms with Gasteiger partial charge < -0.3 is 5.32 Å². The molecule has 1 N–H and O–H groups in total. The molecule has 0 radical (unpaired) electrons. The number of amides is 1. The van der Waals surface area contributed by atoms with Gasteiger partial charge in [-0.05, 0) is 54.8 Å². The van der Waals surface area contributed by atoms with Crippen LogP contribution in [0.25, 0.3) is 0 Å². The number of hydrogen-bond donors (Lipinski definition) is 1. The summed E-state index contributed by atoms with van der Waals surface area (Å²) in [5, 5.41) is 3.45. The van der Waals surface area contributed by atoms with Crippen molar-refractivity contribution in [1.29, 1.82) is 0 Å². The molecule has 0 aromatic heterocycles. The van der Waals surface area contributed by atoms with Gasteiger partial charge in [-0.1, -0.05) is 23.7 Å². The first-order valence-electron chi connectivity index (χ1n) is 8.10. The van der Waals surface area contributed by atoms with Crippen molar-refractivity contribution in [2.75, 3.05) is 13.1 Å². The summed E-state index contributed by atoms with van der Waals surface area (Å²) in [4.78, 5) is 12.4. The van der Waals surface area contributed by atoms with Gasteiger partial charge >= 0.3 is 0 Å². The fourth-order valence-electron chi connectivity index (χ4n) is 2.74. The van der Waals surface area contributed by atoms with Gasteiger partial charge in [-0.3, -0.25) is 4.79 Å². The minimum absolute atomic E-state index is 0.226. The highest BCUT2D eigenvalue weighted by atomic mass is 35.5. The molecule has 1 amide bonds. The lowest BCUT2D eigenvalue weighted by molar-refractivity contribution is 0.0951. The summed E-state index contributed by atoms with van der Waals surface area (Å²) in [6, 6.07) is 13.3. The molecule has 0 saturated carbocycles. The Hall–Kier alpha value is -1.89. The molecule has 1 aliphatic rings. The van der Waals surface area contributed by atoms with Crippen molar-refractivity contribution >= 4 is 27.5 Å². The van der Waals surface area contributed by atoms with Gasteiger partial charge in [0.1, 0.15) is 0 Å². The molecule has 3 rings (SSSR count). The molecule has 1 saturated heterocycles. The van der Waals surface area contributed by atoms with Crippen LogP contribution in [0, 0.1) is 0 Å². The number of hydrogen-bond acceptors (Lipinski definition) is 3. The third kappa shape index (κ3) is 4.21. The van der Waals surface area contributed by atoms with Crippen LogP contribution < -0.4 is 5.32 Å². The summed E-state index contributed by atoms with van der Waals surface area (Å²) < 4.78 is 26.4. The summed E-state index contributed by atoms with van der Waals surface area (Å²) in [6.45, 7) is 1.50. The average molecular weight is 379 g/mol. The molecule has 0 bridgehead atoms. The van der Waals surface area contributed by atoms with Gasteiger partial charge in [0, 0.05) is 30.2 Å². The van der Waals surface area contributed by atoms with Crippen molar-refractivity contribution in [2.24, 2.45) is 0 Å². The Morgan fingerprint density at radius 3 is 2.20 bits per heavy atom. The highest BCUT2D eigenvalue weighted by Gasteiger charge is 2.27. The van der Waals surface area contributed by atoms with Crippen molar-refractivity contribution in [1.82, 2.24) is 9.62 Å². The van der Waals surface area contributed by atoms with Gasteiger partial charge in [0.25, 0.3) is 5.91 Å². The number of nitrogens with zero attached hydrogens (tertiary/aromatic N) is 1. The maximum absolute atomic E-state index is 12.5. The fourth-order valence-corrected chi connectivity index (χ4v) is 4.39. The second-order valence-corrected chi connectivity index (χ2v) is 8.32. The number of halogens is 1. The Morgan fingerprint density at radius 2 is 1.60 bits per heavy atom. The first-order chi connectivity index (χ1) is 12.0. The van der Waals surface area contributed by atoms with Crippen LogP contribution >= 0.6 is 11.6 Å². The number of sulfonamides is 1. The minimum atomic E-state index is -3.45. The van der Waals surface area contributed by atoms with Gasteiger partial charge in [0.05, 0.1) is 4.90 Å². The van der Waals surface area contributed by atoms with Crippen molar-refractivity contribution in [2.45, 2.75) is 24.3 Å². The van der Waals surface area contributed by atoms with Crippen LogP contribution in [0.1, 0.15) is 28.8 Å². The van der Waals surface area contributed by atoms with Crippen LogP contribution in [0.2, 0.25) is 5.02 Å². The molecular formula is C18H19ClN2O3S. The van der Waals surface area contributed by atoms with E-state index in [-0.39, 0.29) is 10.8 Å². The monoisotopic (exact) mass is 378 g/mol. The maximum atomic E-state index is 12.5. The van der Waals surface area contributed by atoms with Gasteiger partial charge in [0.2, 0.25) is 10.0 Å². The van der Waals surface area contributed by atoms with Crippen LogP contribution in [0.4, 0.5) is 0 Å². The Labute approximate surface area is 152 Å². The van der Waals surface area contributed by atoms with Gasteiger partial charge in [-0.15, -0.1) is 0 Å².